The number of rotatable bonds is 9. The number of nitrogens with zero attached hydrogens (tertiary/aromatic N) is 3. The Labute approximate surface area is 189 Å². The first-order valence-corrected chi connectivity index (χ1v) is 10.3. The molecular weight excluding hydrogens is 441 g/mol. The topological polar surface area (TPSA) is 77.6 Å². The highest BCUT2D eigenvalue weighted by Gasteiger charge is 2.22. The third-order valence-corrected chi connectivity index (χ3v) is 5.50. The zero-order valence-corrected chi connectivity index (χ0v) is 18.3. The molecule has 7 nitrogen and oxygen atoms in total. The van der Waals surface area contributed by atoms with E-state index in [2.05, 4.69) is 0 Å². The Hall–Kier alpha value is -2.87. The molecule has 0 saturated carbocycles. The Morgan fingerprint density at radius 2 is 1.90 bits per heavy atom. The predicted octanol–water partition coefficient (Wildman–Crippen LogP) is 5.04. The van der Waals surface area contributed by atoms with Gasteiger partial charge in [0.2, 0.25) is 0 Å². The van der Waals surface area contributed by atoms with Gasteiger partial charge in [-0.05, 0) is 29.8 Å². The van der Waals surface area contributed by atoms with E-state index in [0.29, 0.717) is 31.3 Å². The van der Waals surface area contributed by atoms with Crippen molar-refractivity contribution in [2.45, 2.75) is 13.1 Å². The highest BCUT2D eigenvalue weighted by molar-refractivity contribution is 6.34. The van der Waals surface area contributed by atoms with Gasteiger partial charge in [-0.25, -0.2) is 0 Å². The molecule has 31 heavy (non-hydrogen) atoms. The largest absolute Gasteiger partial charge is 0.383 e. The summed E-state index contributed by atoms with van der Waals surface area (Å²) in [7, 11) is 1.56. The van der Waals surface area contributed by atoms with E-state index in [1.54, 1.807) is 12.0 Å². The number of benzene rings is 2. The third kappa shape index (κ3) is 5.64. The SMILES string of the molecule is COCCN(Cc1cccn1Cc1ccccc1Cl)C(=O)c1ccc([N+](=O)[O-])cc1Cl. The van der Waals surface area contributed by atoms with E-state index >= 15 is 0 Å². The van der Waals surface area contributed by atoms with Crippen molar-refractivity contribution in [1.29, 1.82) is 0 Å². The maximum atomic E-state index is 13.2. The van der Waals surface area contributed by atoms with Crippen molar-refractivity contribution in [3.63, 3.8) is 0 Å². The molecule has 0 aliphatic heterocycles. The minimum atomic E-state index is -0.551. The number of nitro groups is 1. The summed E-state index contributed by atoms with van der Waals surface area (Å²) in [6, 6.07) is 15.3. The molecule has 0 fully saturated rings. The van der Waals surface area contributed by atoms with Gasteiger partial charge in [-0.2, -0.15) is 0 Å². The molecular formula is C22H21Cl2N3O4. The summed E-state index contributed by atoms with van der Waals surface area (Å²) in [4.78, 5) is 25.2. The van der Waals surface area contributed by atoms with Gasteiger partial charge in [-0.3, -0.25) is 14.9 Å². The van der Waals surface area contributed by atoms with E-state index in [1.807, 2.05) is 47.2 Å². The van der Waals surface area contributed by atoms with Gasteiger partial charge in [0.25, 0.3) is 11.6 Å². The zero-order valence-electron chi connectivity index (χ0n) is 16.8. The lowest BCUT2D eigenvalue weighted by molar-refractivity contribution is -0.384. The summed E-state index contributed by atoms with van der Waals surface area (Å²) < 4.78 is 7.18. The van der Waals surface area contributed by atoms with Gasteiger partial charge in [-0.1, -0.05) is 41.4 Å². The van der Waals surface area contributed by atoms with Crippen LogP contribution in [0.25, 0.3) is 0 Å². The maximum Gasteiger partial charge on any atom is 0.270 e. The number of carbonyl (C=O) groups is 1. The van der Waals surface area contributed by atoms with Gasteiger partial charge in [0.05, 0.1) is 28.7 Å². The predicted molar refractivity (Wildman–Crippen MR) is 120 cm³/mol. The van der Waals surface area contributed by atoms with Crippen LogP contribution in [0.15, 0.2) is 60.8 Å². The van der Waals surface area contributed by atoms with Gasteiger partial charge < -0.3 is 14.2 Å². The number of non-ortho nitro benzene ring substituents is 1. The van der Waals surface area contributed by atoms with Crippen LogP contribution in [0.3, 0.4) is 0 Å². The van der Waals surface area contributed by atoms with Crippen LogP contribution in [-0.2, 0) is 17.8 Å². The normalized spacial score (nSPS) is 10.8. The third-order valence-electron chi connectivity index (χ3n) is 4.82. The Morgan fingerprint density at radius 3 is 2.58 bits per heavy atom. The number of aromatic nitrogens is 1. The van der Waals surface area contributed by atoms with Gasteiger partial charge in [0.1, 0.15) is 0 Å². The number of hydrogen-bond acceptors (Lipinski definition) is 4. The second kappa shape index (κ2) is 10.4. The number of carbonyl (C=O) groups excluding carboxylic acids is 1. The van der Waals surface area contributed by atoms with Crippen molar-refractivity contribution >= 4 is 34.8 Å². The van der Waals surface area contributed by atoms with E-state index in [0.717, 1.165) is 11.3 Å². The van der Waals surface area contributed by atoms with Gasteiger partial charge in [-0.15, -0.1) is 0 Å². The van der Waals surface area contributed by atoms with Crippen molar-refractivity contribution in [3.8, 4) is 0 Å². The van der Waals surface area contributed by atoms with Crippen LogP contribution in [-0.4, -0.2) is 40.6 Å². The quantitative estimate of drug-likeness (QED) is 0.330. The molecule has 1 aromatic heterocycles. The summed E-state index contributed by atoms with van der Waals surface area (Å²) in [5, 5.41) is 11.7. The molecule has 0 radical (unpaired) electrons. The smallest absolute Gasteiger partial charge is 0.270 e. The van der Waals surface area contributed by atoms with E-state index in [9.17, 15) is 14.9 Å². The second-order valence-corrected chi connectivity index (χ2v) is 7.67. The number of halogens is 2. The first-order chi connectivity index (χ1) is 14.9. The van der Waals surface area contributed by atoms with E-state index < -0.39 is 4.92 Å². The number of amides is 1. The summed E-state index contributed by atoms with van der Waals surface area (Å²) >= 11 is 12.5. The molecule has 3 rings (SSSR count). The van der Waals surface area contributed by atoms with Crippen LogP contribution in [0.5, 0.6) is 0 Å². The van der Waals surface area contributed by atoms with Gasteiger partial charge >= 0.3 is 0 Å². The van der Waals surface area contributed by atoms with Crippen LogP contribution >= 0.6 is 23.2 Å². The van der Waals surface area contributed by atoms with Crippen molar-refractivity contribution in [3.05, 3.63) is 97.8 Å². The van der Waals surface area contributed by atoms with Crippen molar-refractivity contribution in [2.75, 3.05) is 20.3 Å². The van der Waals surface area contributed by atoms with Crippen molar-refractivity contribution in [1.82, 2.24) is 9.47 Å². The summed E-state index contributed by atoms with van der Waals surface area (Å²) in [5.74, 6) is -0.331. The van der Waals surface area contributed by atoms with Crippen LogP contribution in [0, 0.1) is 10.1 Å². The van der Waals surface area contributed by atoms with Crippen LogP contribution in [0.1, 0.15) is 21.6 Å². The summed E-state index contributed by atoms with van der Waals surface area (Å²) in [6.45, 7) is 1.54. The Morgan fingerprint density at radius 1 is 1.13 bits per heavy atom. The average molecular weight is 462 g/mol. The molecule has 0 bridgehead atoms. The van der Waals surface area contributed by atoms with Crippen molar-refractivity contribution < 1.29 is 14.5 Å². The fourth-order valence-electron chi connectivity index (χ4n) is 3.17. The molecule has 162 valence electrons. The number of ether oxygens (including phenoxy) is 1. The van der Waals surface area contributed by atoms with Gasteiger partial charge in [0.15, 0.2) is 0 Å². The fourth-order valence-corrected chi connectivity index (χ4v) is 3.62. The standard InChI is InChI=1S/C22H21Cl2N3O4/c1-31-12-11-26(22(28)19-9-8-17(27(29)30)13-21(19)24)15-18-6-4-10-25(18)14-16-5-2-3-7-20(16)23/h2-10,13H,11-12,14-15H2,1H3. The van der Waals surface area contributed by atoms with Gasteiger partial charge in [0, 0.05) is 49.2 Å². The monoisotopic (exact) mass is 461 g/mol. The lowest BCUT2D eigenvalue weighted by Crippen LogP contribution is -2.34. The first-order valence-electron chi connectivity index (χ1n) is 9.50. The molecule has 0 aliphatic carbocycles. The second-order valence-electron chi connectivity index (χ2n) is 6.86. The molecule has 0 unspecified atom stereocenters. The Kier molecular flexibility index (Phi) is 7.68. The number of methoxy groups -OCH3 is 1. The minimum Gasteiger partial charge on any atom is -0.383 e. The van der Waals surface area contributed by atoms with E-state index in [-0.39, 0.29) is 22.2 Å². The molecule has 3 aromatic rings. The molecule has 2 aromatic carbocycles. The average Bonchev–Trinajstić information content (AvgIpc) is 3.18. The Balaban J connectivity index is 1.84. The zero-order chi connectivity index (χ0) is 22.4. The molecule has 9 heteroatoms. The molecule has 0 atom stereocenters. The Bertz CT molecular complexity index is 1080. The van der Waals surface area contributed by atoms with Crippen molar-refractivity contribution in [2.24, 2.45) is 0 Å². The first kappa shape index (κ1) is 22.8. The molecule has 0 aliphatic rings. The van der Waals surface area contributed by atoms with E-state index in [4.69, 9.17) is 27.9 Å². The highest BCUT2D eigenvalue weighted by atomic mass is 35.5. The van der Waals surface area contributed by atoms with Crippen LogP contribution in [0.4, 0.5) is 5.69 Å². The fraction of sp³-hybridized carbons (Fsp3) is 0.227. The highest BCUT2D eigenvalue weighted by Crippen LogP contribution is 2.25. The lowest BCUT2D eigenvalue weighted by Gasteiger charge is -2.24. The molecule has 0 saturated heterocycles. The molecule has 0 N–H and O–H groups in total. The molecule has 1 amide bonds. The van der Waals surface area contributed by atoms with Crippen LogP contribution < -0.4 is 0 Å². The van der Waals surface area contributed by atoms with Crippen LogP contribution in [0.2, 0.25) is 10.0 Å². The minimum absolute atomic E-state index is 0.0352. The lowest BCUT2D eigenvalue weighted by atomic mass is 10.1. The molecule has 1 heterocycles. The summed E-state index contributed by atoms with van der Waals surface area (Å²) in [6.07, 6.45) is 1.93. The summed E-state index contributed by atoms with van der Waals surface area (Å²) in [5.41, 5.74) is 1.91. The van der Waals surface area contributed by atoms with E-state index in [1.165, 1.54) is 18.2 Å². The molecule has 0 spiro atoms. The number of hydrogen-bond donors (Lipinski definition) is 0. The maximum absolute atomic E-state index is 13.2. The number of nitro benzene ring substituents is 1.